The minimum absolute atomic E-state index is 0.741. The van der Waals surface area contributed by atoms with Gasteiger partial charge in [-0.2, -0.15) is 5.10 Å². The number of halogens is 1. The summed E-state index contributed by atoms with van der Waals surface area (Å²) >= 11 is 8.05. The minimum atomic E-state index is 0.741. The zero-order valence-electron chi connectivity index (χ0n) is 11.1. The summed E-state index contributed by atoms with van der Waals surface area (Å²) in [5.74, 6) is 0.863. The largest absolute Gasteiger partial charge is 0.257 e. The average Bonchev–Trinajstić information content (AvgIpc) is 2.53. The molecule has 1 aromatic heterocycles. The van der Waals surface area contributed by atoms with E-state index in [-0.39, 0.29) is 0 Å². The second-order valence-corrected chi connectivity index (χ2v) is 5.91. The van der Waals surface area contributed by atoms with Crippen molar-refractivity contribution in [1.82, 2.24) is 9.78 Å². The SMILES string of the molecule is Cc1ccc(SCc2c(C)nn(C)c2Cl)c(C)c1. The van der Waals surface area contributed by atoms with Crippen molar-refractivity contribution in [1.29, 1.82) is 0 Å². The summed E-state index contributed by atoms with van der Waals surface area (Å²) in [7, 11) is 1.88. The Balaban J connectivity index is 2.16. The Morgan fingerprint density at radius 1 is 1.28 bits per heavy atom. The first-order chi connectivity index (χ1) is 8.49. The van der Waals surface area contributed by atoms with Crippen molar-refractivity contribution < 1.29 is 0 Å². The van der Waals surface area contributed by atoms with Gasteiger partial charge in [-0.15, -0.1) is 11.8 Å². The minimum Gasteiger partial charge on any atom is -0.257 e. The highest BCUT2D eigenvalue weighted by Crippen LogP contribution is 2.30. The van der Waals surface area contributed by atoms with Crippen LogP contribution in [0.4, 0.5) is 0 Å². The van der Waals surface area contributed by atoms with Crippen LogP contribution < -0.4 is 0 Å². The number of hydrogen-bond donors (Lipinski definition) is 0. The van der Waals surface area contributed by atoms with E-state index >= 15 is 0 Å². The molecular weight excluding hydrogens is 264 g/mol. The van der Waals surface area contributed by atoms with E-state index in [9.17, 15) is 0 Å². The summed E-state index contributed by atoms with van der Waals surface area (Å²) in [5.41, 5.74) is 4.76. The van der Waals surface area contributed by atoms with Gasteiger partial charge in [0.25, 0.3) is 0 Å². The van der Waals surface area contributed by atoms with Crippen LogP contribution in [0.3, 0.4) is 0 Å². The predicted octanol–water partition coefficient (Wildman–Crippen LogP) is 4.29. The van der Waals surface area contributed by atoms with E-state index in [2.05, 4.69) is 37.1 Å². The molecule has 0 radical (unpaired) electrons. The standard InChI is InChI=1S/C14H17ClN2S/c1-9-5-6-13(10(2)7-9)18-8-12-11(3)16-17(4)14(12)15/h5-7H,8H2,1-4H3. The molecule has 0 saturated heterocycles. The van der Waals surface area contributed by atoms with Crippen molar-refractivity contribution in [3.05, 3.63) is 45.7 Å². The van der Waals surface area contributed by atoms with E-state index in [4.69, 9.17) is 11.6 Å². The molecule has 1 aromatic carbocycles. The first kappa shape index (κ1) is 13.5. The molecule has 0 bridgehead atoms. The topological polar surface area (TPSA) is 17.8 Å². The maximum Gasteiger partial charge on any atom is 0.131 e. The van der Waals surface area contributed by atoms with Gasteiger partial charge >= 0.3 is 0 Å². The van der Waals surface area contributed by atoms with E-state index < -0.39 is 0 Å². The molecule has 0 N–H and O–H groups in total. The van der Waals surface area contributed by atoms with Crippen LogP contribution in [0.5, 0.6) is 0 Å². The zero-order valence-corrected chi connectivity index (χ0v) is 12.7. The second kappa shape index (κ2) is 5.37. The lowest BCUT2D eigenvalue weighted by Gasteiger charge is -2.06. The van der Waals surface area contributed by atoms with Crippen molar-refractivity contribution in [2.45, 2.75) is 31.4 Å². The van der Waals surface area contributed by atoms with Gasteiger partial charge in [0.1, 0.15) is 5.15 Å². The van der Waals surface area contributed by atoms with Crippen LogP contribution in [0.1, 0.15) is 22.4 Å². The molecule has 18 heavy (non-hydrogen) atoms. The van der Waals surface area contributed by atoms with Crippen LogP contribution in [0.2, 0.25) is 5.15 Å². The van der Waals surface area contributed by atoms with Gasteiger partial charge in [-0.05, 0) is 32.4 Å². The third kappa shape index (κ3) is 2.73. The van der Waals surface area contributed by atoms with E-state index in [0.29, 0.717) is 0 Å². The van der Waals surface area contributed by atoms with Gasteiger partial charge in [-0.1, -0.05) is 29.3 Å². The average molecular weight is 281 g/mol. The second-order valence-electron chi connectivity index (χ2n) is 4.54. The molecule has 1 heterocycles. The Kier molecular flexibility index (Phi) is 4.03. The zero-order chi connectivity index (χ0) is 13.3. The highest BCUT2D eigenvalue weighted by molar-refractivity contribution is 7.98. The lowest BCUT2D eigenvalue weighted by atomic mass is 10.2. The number of benzene rings is 1. The maximum atomic E-state index is 6.23. The monoisotopic (exact) mass is 280 g/mol. The Hall–Kier alpha value is -0.930. The fourth-order valence-corrected chi connectivity index (χ4v) is 3.37. The van der Waals surface area contributed by atoms with E-state index in [1.807, 2.05) is 25.7 Å². The van der Waals surface area contributed by atoms with Crippen LogP contribution in [0, 0.1) is 20.8 Å². The molecule has 4 heteroatoms. The molecule has 0 aliphatic rings. The van der Waals surface area contributed by atoms with E-state index in [1.165, 1.54) is 16.0 Å². The number of aryl methyl sites for hydroxylation is 4. The van der Waals surface area contributed by atoms with E-state index in [0.717, 1.165) is 22.2 Å². The fraction of sp³-hybridized carbons (Fsp3) is 0.357. The molecule has 2 aromatic rings. The fourth-order valence-electron chi connectivity index (χ4n) is 1.95. The molecule has 2 rings (SSSR count). The Bertz CT molecular complexity index is 575. The first-order valence-electron chi connectivity index (χ1n) is 5.87. The van der Waals surface area contributed by atoms with Crippen LogP contribution in [0.25, 0.3) is 0 Å². The van der Waals surface area contributed by atoms with Gasteiger partial charge in [0, 0.05) is 23.3 Å². The smallest absolute Gasteiger partial charge is 0.131 e. The highest BCUT2D eigenvalue weighted by atomic mass is 35.5. The summed E-state index contributed by atoms with van der Waals surface area (Å²) in [6.07, 6.45) is 0. The molecule has 0 fully saturated rings. The number of rotatable bonds is 3. The quantitative estimate of drug-likeness (QED) is 0.781. The van der Waals surface area contributed by atoms with Gasteiger partial charge in [0.2, 0.25) is 0 Å². The van der Waals surface area contributed by atoms with Gasteiger partial charge in [0.15, 0.2) is 0 Å². The lowest BCUT2D eigenvalue weighted by Crippen LogP contribution is -1.89. The molecule has 96 valence electrons. The summed E-state index contributed by atoms with van der Waals surface area (Å²) in [5, 5.41) is 5.07. The normalized spacial score (nSPS) is 10.9. The molecular formula is C14H17ClN2S. The Morgan fingerprint density at radius 2 is 2.00 bits per heavy atom. The van der Waals surface area contributed by atoms with Crippen LogP contribution in [0.15, 0.2) is 23.1 Å². The molecule has 0 amide bonds. The van der Waals surface area contributed by atoms with Gasteiger partial charge in [0.05, 0.1) is 5.69 Å². The Labute approximate surface area is 117 Å². The van der Waals surface area contributed by atoms with Gasteiger partial charge in [-0.25, -0.2) is 0 Å². The van der Waals surface area contributed by atoms with Crippen LogP contribution in [-0.4, -0.2) is 9.78 Å². The number of nitrogens with zero attached hydrogens (tertiary/aromatic N) is 2. The predicted molar refractivity (Wildman–Crippen MR) is 78.4 cm³/mol. The maximum absolute atomic E-state index is 6.23. The summed E-state index contributed by atoms with van der Waals surface area (Å²) in [6.45, 7) is 6.26. The van der Waals surface area contributed by atoms with Gasteiger partial charge in [-0.3, -0.25) is 4.68 Å². The van der Waals surface area contributed by atoms with Crippen molar-refractivity contribution in [3.63, 3.8) is 0 Å². The van der Waals surface area contributed by atoms with Gasteiger partial charge < -0.3 is 0 Å². The molecule has 0 unspecified atom stereocenters. The van der Waals surface area contributed by atoms with Crippen molar-refractivity contribution >= 4 is 23.4 Å². The number of thioether (sulfide) groups is 1. The molecule has 0 aliphatic heterocycles. The summed E-state index contributed by atoms with van der Waals surface area (Å²) in [6, 6.07) is 6.53. The molecule has 0 atom stereocenters. The molecule has 2 nitrogen and oxygen atoms in total. The van der Waals surface area contributed by atoms with Crippen molar-refractivity contribution in [3.8, 4) is 0 Å². The van der Waals surface area contributed by atoms with Crippen LogP contribution in [-0.2, 0) is 12.8 Å². The molecule has 0 saturated carbocycles. The third-order valence-corrected chi connectivity index (χ3v) is 4.65. The summed E-state index contributed by atoms with van der Waals surface area (Å²) < 4.78 is 1.73. The number of aromatic nitrogens is 2. The van der Waals surface area contributed by atoms with E-state index in [1.54, 1.807) is 4.68 Å². The lowest BCUT2D eigenvalue weighted by molar-refractivity contribution is 0.757. The first-order valence-corrected chi connectivity index (χ1v) is 7.23. The highest BCUT2D eigenvalue weighted by Gasteiger charge is 2.11. The third-order valence-electron chi connectivity index (χ3n) is 2.97. The van der Waals surface area contributed by atoms with Crippen molar-refractivity contribution in [2.24, 2.45) is 7.05 Å². The number of hydrogen-bond acceptors (Lipinski definition) is 2. The molecule has 0 aliphatic carbocycles. The van der Waals surface area contributed by atoms with Crippen molar-refractivity contribution in [2.75, 3.05) is 0 Å². The Morgan fingerprint density at radius 3 is 2.56 bits per heavy atom. The summed E-state index contributed by atoms with van der Waals surface area (Å²) in [4.78, 5) is 1.31. The molecule has 0 spiro atoms. The van der Waals surface area contributed by atoms with Crippen LogP contribution >= 0.6 is 23.4 Å².